The summed E-state index contributed by atoms with van der Waals surface area (Å²) in [7, 11) is -3.68. The lowest BCUT2D eigenvalue weighted by Gasteiger charge is -2.19. The Hall–Kier alpha value is -3.45. The van der Waals surface area contributed by atoms with Crippen molar-refractivity contribution in [1.82, 2.24) is 10.1 Å². The molecule has 6 nitrogen and oxygen atoms in total. The maximum Gasteiger partial charge on any atom is 0.264 e. The predicted octanol–water partition coefficient (Wildman–Crippen LogP) is 4.16. The zero-order valence-corrected chi connectivity index (χ0v) is 16.2. The number of aromatic nitrogens is 2. The van der Waals surface area contributed by atoms with Crippen LogP contribution in [-0.4, -0.2) is 25.1 Å². The number of hydrogen-bond acceptors (Lipinski definition) is 5. The van der Waals surface area contributed by atoms with Crippen LogP contribution in [0.15, 0.2) is 88.3 Å². The third kappa shape index (κ3) is 3.09. The Kier molecular flexibility index (Phi) is 4.17. The van der Waals surface area contributed by atoms with Crippen LogP contribution in [0, 0.1) is 0 Å². The van der Waals surface area contributed by atoms with Crippen molar-refractivity contribution < 1.29 is 12.9 Å². The van der Waals surface area contributed by atoms with Crippen LogP contribution >= 0.6 is 0 Å². The van der Waals surface area contributed by atoms with E-state index in [2.05, 4.69) is 10.1 Å². The summed E-state index contributed by atoms with van der Waals surface area (Å²) in [6.45, 7) is 0.435. The van der Waals surface area contributed by atoms with Gasteiger partial charge in [-0.2, -0.15) is 4.98 Å². The molecule has 1 aliphatic rings. The normalized spacial score (nSPS) is 13.4. The summed E-state index contributed by atoms with van der Waals surface area (Å²) in [5.41, 5.74) is 3.17. The number of rotatable bonds is 4. The van der Waals surface area contributed by atoms with Gasteiger partial charge in [0, 0.05) is 17.7 Å². The van der Waals surface area contributed by atoms with Gasteiger partial charge < -0.3 is 4.52 Å². The van der Waals surface area contributed by atoms with Gasteiger partial charge in [0.05, 0.1) is 10.6 Å². The molecule has 0 spiro atoms. The number of sulfonamides is 1. The number of fused-ring (bicyclic) bond motifs is 1. The Labute approximate surface area is 168 Å². The van der Waals surface area contributed by atoms with E-state index in [9.17, 15) is 8.42 Å². The Morgan fingerprint density at radius 2 is 1.62 bits per heavy atom. The van der Waals surface area contributed by atoms with Crippen LogP contribution < -0.4 is 4.31 Å². The highest BCUT2D eigenvalue weighted by Gasteiger charge is 2.31. The lowest BCUT2D eigenvalue weighted by Crippen LogP contribution is -2.29. The maximum absolute atomic E-state index is 13.3. The van der Waals surface area contributed by atoms with Crippen LogP contribution in [0.3, 0.4) is 0 Å². The van der Waals surface area contributed by atoms with E-state index in [1.807, 2.05) is 54.6 Å². The van der Waals surface area contributed by atoms with Crippen molar-refractivity contribution in [3.05, 3.63) is 84.4 Å². The second-order valence-electron chi connectivity index (χ2n) is 6.77. The van der Waals surface area contributed by atoms with Crippen molar-refractivity contribution in [3.8, 4) is 22.8 Å². The minimum atomic E-state index is -3.68. The van der Waals surface area contributed by atoms with E-state index in [-0.39, 0.29) is 10.8 Å². The van der Waals surface area contributed by atoms with Gasteiger partial charge >= 0.3 is 0 Å². The van der Waals surface area contributed by atoms with Gasteiger partial charge in [-0.25, -0.2) is 8.42 Å². The van der Waals surface area contributed by atoms with Gasteiger partial charge in [0.15, 0.2) is 0 Å². The number of benzene rings is 3. The van der Waals surface area contributed by atoms with Crippen LogP contribution in [0.2, 0.25) is 0 Å². The Balaban J connectivity index is 1.50. The van der Waals surface area contributed by atoms with Gasteiger partial charge in [0.2, 0.25) is 5.82 Å². The molecule has 0 unspecified atom stereocenters. The molecule has 0 fully saturated rings. The molecule has 29 heavy (non-hydrogen) atoms. The summed E-state index contributed by atoms with van der Waals surface area (Å²) in [5.74, 6) is 0.741. The highest BCUT2D eigenvalue weighted by molar-refractivity contribution is 7.92. The molecule has 144 valence electrons. The Bertz CT molecular complexity index is 1280. The van der Waals surface area contributed by atoms with Crippen LogP contribution in [0.4, 0.5) is 5.69 Å². The molecule has 2 heterocycles. The van der Waals surface area contributed by atoms with Gasteiger partial charge in [-0.3, -0.25) is 4.31 Å². The van der Waals surface area contributed by atoms with Crippen LogP contribution in [0.25, 0.3) is 22.8 Å². The Morgan fingerprint density at radius 1 is 0.862 bits per heavy atom. The predicted molar refractivity (Wildman–Crippen MR) is 110 cm³/mol. The lowest BCUT2D eigenvalue weighted by atomic mass is 10.2. The van der Waals surface area contributed by atoms with E-state index in [1.165, 1.54) is 4.31 Å². The third-order valence-corrected chi connectivity index (χ3v) is 6.78. The Morgan fingerprint density at radius 3 is 2.48 bits per heavy atom. The van der Waals surface area contributed by atoms with E-state index in [4.69, 9.17) is 4.52 Å². The summed E-state index contributed by atoms with van der Waals surface area (Å²) in [5, 5.41) is 4.02. The first-order valence-corrected chi connectivity index (χ1v) is 10.7. The van der Waals surface area contributed by atoms with E-state index >= 15 is 0 Å². The molecule has 0 radical (unpaired) electrons. The van der Waals surface area contributed by atoms with E-state index in [0.29, 0.717) is 24.4 Å². The van der Waals surface area contributed by atoms with E-state index < -0.39 is 10.0 Å². The summed E-state index contributed by atoms with van der Waals surface area (Å²) in [4.78, 5) is 4.62. The average Bonchev–Trinajstić information content (AvgIpc) is 3.42. The van der Waals surface area contributed by atoms with Crippen molar-refractivity contribution in [2.75, 3.05) is 10.8 Å². The standard InChI is InChI=1S/C22H17N3O3S/c26-29(27,25-14-13-16-7-4-5-12-20(16)25)19-11-6-10-18(15-19)22-23-21(24-28-22)17-8-2-1-3-9-17/h1-12,15H,13-14H2. The first kappa shape index (κ1) is 17.6. The summed E-state index contributed by atoms with van der Waals surface area (Å²) < 4.78 is 33.4. The van der Waals surface area contributed by atoms with Crippen molar-refractivity contribution in [1.29, 1.82) is 0 Å². The van der Waals surface area contributed by atoms with Crippen molar-refractivity contribution in [2.24, 2.45) is 0 Å². The number of nitrogens with zero attached hydrogens (tertiary/aromatic N) is 3. The van der Waals surface area contributed by atoms with Crippen LogP contribution in [0.5, 0.6) is 0 Å². The number of anilines is 1. The lowest BCUT2D eigenvalue weighted by molar-refractivity contribution is 0.432. The smallest absolute Gasteiger partial charge is 0.264 e. The molecule has 0 atom stereocenters. The minimum absolute atomic E-state index is 0.200. The molecule has 0 N–H and O–H groups in total. The van der Waals surface area contributed by atoms with E-state index in [0.717, 1.165) is 16.8 Å². The molecular formula is C22H17N3O3S. The molecule has 0 saturated carbocycles. The number of para-hydroxylation sites is 1. The highest BCUT2D eigenvalue weighted by atomic mass is 32.2. The van der Waals surface area contributed by atoms with Crippen LogP contribution in [-0.2, 0) is 16.4 Å². The summed E-state index contributed by atoms with van der Waals surface area (Å²) in [6, 6.07) is 23.7. The quantitative estimate of drug-likeness (QED) is 0.511. The van der Waals surface area contributed by atoms with Crippen molar-refractivity contribution in [3.63, 3.8) is 0 Å². The van der Waals surface area contributed by atoms with Crippen molar-refractivity contribution in [2.45, 2.75) is 11.3 Å². The molecule has 0 saturated heterocycles. The monoisotopic (exact) mass is 403 g/mol. The fourth-order valence-corrected chi connectivity index (χ4v) is 5.07. The van der Waals surface area contributed by atoms with E-state index in [1.54, 1.807) is 24.3 Å². The van der Waals surface area contributed by atoms with Gasteiger partial charge in [-0.05, 0) is 36.2 Å². The topological polar surface area (TPSA) is 76.3 Å². The van der Waals surface area contributed by atoms with Crippen molar-refractivity contribution >= 4 is 15.7 Å². The van der Waals surface area contributed by atoms with Gasteiger partial charge in [0.25, 0.3) is 15.9 Å². The SMILES string of the molecule is O=S(=O)(c1cccc(-c2nc(-c3ccccc3)no2)c1)N1CCc2ccccc21. The maximum atomic E-state index is 13.3. The highest BCUT2D eigenvalue weighted by Crippen LogP contribution is 2.33. The second kappa shape index (κ2) is 6.86. The summed E-state index contributed by atoms with van der Waals surface area (Å²) >= 11 is 0. The zero-order valence-electron chi connectivity index (χ0n) is 15.4. The molecule has 4 aromatic rings. The molecule has 3 aromatic carbocycles. The van der Waals surface area contributed by atoms with Crippen LogP contribution in [0.1, 0.15) is 5.56 Å². The fourth-order valence-electron chi connectivity index (χ4n) is 3.52. The van der Waals surface area contributed by atoms with Gasteiger partial charge in [-0.15, -0.1) is 0 Å². The van der Waals surface area contributed by atoms with Gasteiger partial charge in [0.1, 0.15) is 0 Å². The van der Waals surface area contributed by atoms with Gasteiger partial charge in [-0.1, -0.05) is 59.8 Å². The molecule has 5 rings (SSSR count). The molecule has 0 bridgehead atoms. The average molecular weight is 403 g/mol. The molecule has 0 amide bonds. The molecule has 7 heteroatoms. The third-order valence-electron chi connectivity index (χ3n) is 4.97. The number of hydrogen-bond donors (Lipinski definition) is 0. The first-order chi connectivity index (χ1) is 14.1. The largest absolute Gasteiger partial charge is 0.334 e. The molecular weight excluding hydrogens is 386 g/mol. The molecule has 0 aliphatic carbocycles. The molecule has 1 aromatic heterocycles. The second-order valence-corrected chi connectivity index (χ2v) is 8.64. The summed E-state index contributed by atoms with van der Waals surface area (Å²) in [6.07, 6.45) is 0.708. The zero-order chi connectivity index (χ0) is 19.8. The first-order valence-electron chi connectivity index (χ1n) is 9.23. The molecule has 1 aliphatic heterocycles. The minimum Gasteiger partial charge on any atom is -0.334 e. The fraction of sp³-hybridized carbons (Fsp3) is 0.0909.